The fourth-order valence-electron chi connectivity index (χ4n) is 5.24. The van der Waals surface area contributed by atoms with Gasteiger partial charge in [-0.25, -0.2) is 4.98 Å². The van der Waals surface area contributed by atoms with Gasteiger partial charge in [0.25, 0.3) is 0 Å². The van der Waals surface area contributed by atoms with Gasteiger partial charge < -0.3 is 20.6 Å². The number of aromatic nitrogens is 4. The number of amides is 1. The van der Waals surface area contributed by atoms with E-state index in [2.05, 4.69) is 42.7 Å². The summed E-state index contributed by atoms with van der Waals surface area (Å²) >= 11 is 6.86. The van der Waals surface area contributed by atoms with Gasteiger partial charge >= 0.3 is 0 Å². The van der Waals surface area contributed by atoms with Gasteiger partial charge in [0.05, 0.1) is 34.1 Å². The van der Waals surface area contributed by atoms with Crippen LogP contribution in [0.1, 0.15) is 49.4 Å². The molecule has 4 heterocycles. The minimum atomic E-state index is -1.22. The van der Waals surface area contributed by atoms with E-state index in [0.717, 1.165) is 12.8 Å². The average Bonchev–Trinajstić information content (AvgIpc) is 3.61. The number of benzene rings is 1. The minimum absolute atomic E-state index is 0.0790. The highest BCUT2D eigenvalue weighted by Gasteiger charge is 2.41. The maximum absolute atomic E-state index is 11.7. The van der Waals surface area contributed by atoms with Gasteiger partial charge in [0.2, 0.25) is 11.9 Å². The lowest BCUT2D eigenvalue weighted by Gasteiger charge is -2.49. The first-order chi connectivity index (χ1) is 18.8. The predicted octanol–water partition coefficient (Wildman–Crippen LogP) is 2.35. The zero-order chi connectivity index (χ0) is 27.3. The van der Waals surface area contributed by atoms with E-state index in [1.165, 1.54) is 10.7 Å². The number of fused-ring (bicyclic) bond motifs is 1. The summed E-state index contributed by atoms with van der Waals surface area (Å²) in [6.45, 7) is 4.29. The number of imidazole rings is 1. The van der Waals surface area contributed by atoms with Crippen LogP contribution in [0.15, 0.2) is 18.3 Å². The number of likely N-dealkylation sites (tertiary alicyclic amines) is 2. The van der Waals surface area contributed by atoms with Crippen molar-refractivity contribution in [2.75, 3.05) is 36.8 Å². The van der Waals surface area contributed by atoms with Crippen LogP contribution >= 0.6 is 11.6 Å². The maximum Gasteiger partial charge on any atom is 0.247 e. The summed E-state index contributed by atoms with van der Waals surface area (Å²) < 4.78 is 1.42. The zero-order valence-electron chi connectivity index (χ0n) is 21.4. The number of halogens is 1. The first-order valence-corrected chi connectivity index (χ1v) is 13.3. The second-order valence-electron chi connectivity index (χ2n) is 10.5. The first-order valence-electron chi connectivity index (χ1n) is 12.9. The predicted molar refractivity (Wildman–Crippen MR) is 142 cm³/mol. The molecule has 0 bridgehead atoms. The number of nitrogens with one attached hydrogen (secondary N) is 2. The molecule has 2 saturated heterocycles. The summed E-state index contributed by atoms with van der Waals surface area (Å²) in [5, 5.41) is 42.1. The molecule has 39 heavy (non-hydrogen) atoms. The molecule has 0 radical (unpaired) electrons. The van der Waals surface area contributed by atoms with Gasteiger partial charge in [-0.05, 0) is 37.8 Å². The number of rotatable bonds is 6. The molecule has 3 N–H and O–H groups in total. The Labute approximate surface area is 229 Å². The number of carbonyl (C=O) groups is 1. The largest absolute Gasteiger partial charge is 0.385 e. The summed E-state index contributed by atoms with van der Waals surface area (Å²) in [6, 6.07) is 8.06. The topological polar surface area (TPSA) is 158 Å². The van der Waals surface area contributed by atoms with Crippen LogP contribution in [-0.2, 0) is 10.4 Å². The van der Waals surface area contributed by atoms with Gasteiger partial charge in [-0.2, -0.15) is 20.0 Å². The molecule has 1 aliphatic carbocycles. The van der Waals surface area contributed by atoms with E-state index in [1.54, 1.807) is 19.1 Å². The third kappa shape index (κ3) is 4.72. The molecular formula is C26H27ClN10O2. The SMILES string of the molecule is CC(=O)N1CC(N2CCC(O)(c3cc(C#N)cc(Nc4nc(NC5CC5)c5ncc(C#N)n5n4)c3Cl)CC2)C1. The second-order valence-corrected chi connectivity index (χ2v) is 10.8. The normalized spacial score (nSPS) is 19.3. The van der Waals surface area contributed by atoms with Gasteiger partial charge in [-0.3, -0.25) is 9.69 Å². The van der Waals surface area contributed by atoms with E-state index < -0.39 is 5.60 Å². The third-order valence-electron chi connectivity index (χ3n) is 7.79. The highest BCUT2D eigenvalue weighted by atomic mass is 35.5. The number of piperidine rings is 1. The van der Waals surface area contributed by atoms with Gasteiger partial charge in [0.15, 0.2) is 17.2 Å². The van der Waals surface area contributed by atoms with E-state index in [-0.39, 0.29) is 22.6 Å². The minimum Gasteiger partial charge on any atom is -0.385 e. The van der Waals surface area contributed by atoms with E-state index in [0.29, 0.717) is 79.4 Å². The Balaban J connectivity index is 1.28. The molecule has 1 aromatic carbocycles. The second kappa shape index (κ2) is 9.65. The Morgan fingerprint density at radius 3 is 2.59 bits per heavy atom. The van der Waals surface area contributed by atoms with Crippen molar-refractivity contribution in [3.8, 4) is 12.1 Å². The van der Waals surface area contributed by atoms with Crippen molar-refractivity contribution in [2.45, 2.75) is 50.3 Å². The summed E-state index contributed by atoms with van der Waals surface area (Å²) in [4.78, 5) is 24.5. The molecule has 13 heteroatoms. The van der Waals surface area contributed by atoms with Crippen molar-refractivity contribution in [2.24, 2.45) is 0 Å². The maximum atomic E-state index is 11.7. The Bertz CT molecular complexity index is 1540. The molecule has 200 valence electrons. The molecule has 3 fully saturated rings. The molecule has 6 rings (SSSR count). The van der Waals surface area contributed by atoms with Gasteiger partial charge in [-0.1, -0.05) is 11.6 Å². The number of nitriles is 2. The highest BCUT2D eigenvalue weighted by Crippen LogP contribution is 2.42. The van der Waals surface area contributed by atoms with E-state index in [1.807, 2.05) is 4.90 Å². The number of anilines is 3. The standard InChI is InChI=1S/C26H27ClN10O2/c1-15(38)36-13-19(14-36)35-6-4-26(39,5-7-35)20-8-16(10-28)9-21(22(20)27)32-25-33-23(31-17-2-3-17)24-30-12-18(11-29)37(24)34-25/h8-9,12,17,19,39H,2-7,13-14H2,1H3,(H2,31,32,33,34). The van der Waals surface area contributed by atoms with Crippen LogP contribution in [0.2, 0.25) is 5.02 Å². The number of aliphatic hydroxyl groups is 1. The summed E-state index contributed by atoms with van der Waals surface area (Å²) in [6.07, 6.45) is 4.37. The summed E-state index contributed by atoms with van der Waals surface area (Å²) in [7, 11) is 0. The van der Waals surface area contributed by atoms with E-state index in [9.17, 15) is 20.4 Å². The van der Waals surface area contributed by atoms with Crippen LogP contribution in [0.4, 0.5) is 17.5 Å². The van der Waals surface area contributed by atoms with Crippen LogP contribution in [0.3, 0.4) is 0 Å². The number of hydrogen-bond donors (Lipinski definition) is 3. The van der Waals surface area contributed by atoms with Crippen molar-refractivity contribution in [1.29, 1.82) is 10.5 Å². The van der Waals surface area contributed by atoms with Crippen molar-refractivity contribution in [1.82, 2.24) is 29.4 Å². The summed E-state index contributed by atoms with van der Waals surface area (Å²) in [5.74, 6) is 0.745. The Morgan fingerprint density at radius 2 is 1.95 bits per heavy atom. The molecule has 1 amide bonds. The number of carbonyl (C=O) groups excluding carboxylic acids is 1. The van der Waals surface area contributed by atoms with Crippen LogP contribution in [0.25, 0.3) is 5.65 Å². The Kier molecular flexibility index (Phi) is 6.26. The quantitative estimate of drug-likeness (QED) is 0.419. The average molecular weight is 547 g/mol. The zero-order valence-corrected chi connectivity index (χ0v) is 22.1. The lowest BCUT2D eigenvalue weighted by molar-refractivity contribution is -0.138. The van der Waals surface area contributed by atoms with Gasteiger partial charge in [0, 0.05) is 50.7 Å². The smallest absolute Gasteiger partial charge is 0.247 e. The molecule has 1 saturated carbocycles. The number of hydrogen-bond acceptors (Lipinski definition) is 10. The molecule has 2 aliphatic heterocycles. The highest BCUT2D eigenvalue weighted by molar-refractivity contribution is 6.34. The van der Waals surface area contributed by atoms with E-state index >= 15 is 0 Å². The van der Waals surface area contributed by atoms with Crippen molar-refractivity contribution < 1.29 is 9.90 Å². The molecule has 12 nitrogen and oxygen atoms in total. The number of nitrogens with zero attached hydrogens (tertiary/aromatic N) is 8. The molecule has 3 aliphatic rings. The monoisotopic (exact) mass is 546 g/mol. The molecule has 0 spiro atoms. The molecule has 3 aromatic rings. The molecule has 2 aromatic heterocycles. The van der Waals surface area contributed by atoms with Gasteiger partial charge in [-0.15, -0.1) is 5.10 Å². The summed E-state index contributed by atoms with van der Waals surface area (Å²) in [5.41, 5.74) is 0.672. The Hall–Kier alpha value is -3.97. The lowest BCUT2D eigenvalue weighted by Crippen LogP contribution is -2.62. The lowest BCUT2D eigenvalue weighted by atomic mass is 9.82. The fourth-order valence-corrected chi connectivity index (χ4v) is 5.57. The Morgan fingerprint density at radius 1 is 1.21 bits per heavy atom. The third-order valence-corrected chi connectivity index (χ3v) is 8.20. The van der Waals surface area contributed by atoms with Gasteiger partial charge in [0.1, 0.15) is 6.07 Å². The van der Waals surface area contributed by atoms with Crippen LogP contribution in [-0.4, -0.2) is 78.7 Å². The molecule has 0 unspecified atom stereocenters. The molecular weight excluding hydrogens is 520 g/mol. The van der Waals surface area contributed by atoms with Crippen LogP contribution in [0.5, 0.6) is 0 Å². The van der Waals surface area contributed by atoms with E-state index in [4.69, 9.17) is 11.6 Å². The van der Waals surface area contributed by atoms with Crippen molar-refractivity contribution in [3.63, 3.8) is 0 Å². The van der Waals surface area contributed by atoms with Crippen molar-refractivity contribution >= 4 is 40.6 Å². The fraction of sp³-hybridized carbons (Fsp3) is 0.462. The van der Waals surface area contributed by atoms with Crippen LogP contribution < -0.4 is 10.6 Å². The van der Waals surface area contributed by atoms with Crippen molar-refractivity contribution in [3.05, 3.63) is 40.2 Å². The van der Waals surface area contributed by atoms with Crippen LogP contribution in [0, 0.1) is 22.7 Å². The first kappa shape index (κ1) is 25.3. The molecule has 0 atom stereocenters.